The minimum Gasteiger partial charge on any atom is -0.497 e. The Kier molecular flexibility index (Phi) is 11.6. The predicted octanol–water partition coefficient (Wildman–Crippen LogP) is 6.50. The summed E-state index contributed by atoms with van der Waals surface area (Å²) in [7, 11) is 3.24. The SMILES string of the molecule is CCCCC=C=C(C(=O)CCCC)/C(=C\c1cc(OC)ccc1OC)OC(C)C. The van der Waals surface area contributed by atoms with Crippen molar-refractivity contribution in [2.24, 2.45) is 0 Å². The number of ether oxygens (including phenoxy) is 3. The van der Waals surface area contributed by atoms with E-state index in [1.807, 2.05) is 44.2 Å². The molecule has 0 aliphatic carbocycles. The lowest BCUT2D eigenvalue weighted by Crippen LogP contribution is -2.11. The fraction of sp³-hybridized carbons (Fsp3) is 0.520. The summed E-state index contributed by atoms with van der Waals surface area (Å²) >= 11 is 0. The maximum atomic E-state index is 13.0. The summed E-state index contributed by atoms with van der Waals surface area (Å²) in [6.07, 6.45) is 9.06. The van der Waals surface area contributed by atoms with E-state index in [0.717, 1.165) is 37.7 Å². The molecule has 29 heavy (non-hydrogen) atoms. The average Bonchev–Trinajstić information content (AvgIpc) is 2.71. The van der Waals surface area contributed by atoms with Crippen molar-refractivity contribution in [3.8, 4) is 11.5 Å². The molecule has 0 heterocycles. The number of carbonyl (C=O) groups excluding carboxylic acids is 1. The predicted molar refractivity (Wildman–Crippen MR) is 119 cm³/mol. The lowest BCUT2D eigenvalue weighted by molar-refractivity contribution is -0.115. The molecule has 1 aromatic carbocycles. The molecule has 0 amide bonds. The number of Topliss-reactive ketones (excluding diaryl/α,β-unsaturated/α-hetero) is 1. The highest BCUT2D eigenvalue weighted by atomic mass is 16.5. The second-order valence-corrected chi connectivity index (χ2v) is 7.18. The van der Waals surface area contributed by atoms with Gasteiger partial charge in [-0.1, -0.05) is 26.7 Å². The summed E-state index contributed by atoms with van der Waals surface area (Å²) < 4.78 is 16.9. The van der Waals surface area contributed by atoms with Gasteiger partial charge in [-0.3, -0.25) is 4.79 Å². The first kappa shape index (κ1) is 24.6. The zero-order valence-electron chi connectivity index (χ0n) is 18.8. The Morgan fingerprint density at radius 3 is 2.41 bits per heavy atom. The zero-order chi connectivity index (χ0) is 21.6. The number of allylic oxidation sites excluding steroid dienone is 1. The third kappa shape index (κ3) is 8.62. The summed E-state index contributed by atoms with van der Waals surface area (Å²) in [5.41, 5.74) is 4.52. The van der Waals surface area contributed by atoms with E-state index in [0.29, 0.717) is 29.3 Å². The van der Waals surface area contributed by atoms with Gasteiger partial charge in [0, 0.05) is 12.0 Å². The van der Waals surface area contributed by atoms with Gasteiger partial charge < -0.3 is 14.2 Å². The van der Waals surface area contributed by atoms with Crippen molar-refractivity contribution < 1.29 is 19.0 Å². The molecular weight excluding hydrogens is 364 g/mol. The first-order chi connectivity index (χ1) is 14.0. The second kappa shape index (κ2) is 13.7. The van der Waals surface area contributed by atoms with Crippen molar-refractivity contribution in [1.82, 2.24) is 0 Å². The third-order valence-electron chi connectivity index (χ3n) is 4.32. The van der Waals surface area contributed by atoms with Crippen molar-refractivity contribution >= 4 is 11.9 Å². The minimum absolute atomic E-state index is 0.0494. The highest BCUT2D eigenvalue weighted by molar-refractivity contribution is 6.00. The number of unbranched alkanes of at least 4 members (excludes halogenated alkanes) is 3. The molecule has 160 valence electrons. The summed E-state index contributed by atoms with van der Waals surface area (Å²) in [4.78, 5) is 13.0. The number of carbonyl (C=O) groups is 1. The molecule has 0 saturated heterocycles. The molecule has 0 atom stereocenters. The summed E-state index contributed by atoms with van der Waals surface area (Å²) in [6.45, 7) is 8.13. The number of ketones is 1. The number of methoxy groups -OCH3 is 2. The topological polar surface area (TPSA) is 44.8 Å². The van der Waals surface area contributed by atoms with Crippen LogP contribution in [-0.2, 0) is 9.53 Å². The zero-order valence-corrected chi connectivity index (χ0v) is 18.8. The smallest absolute Gasteiger partial charge is 0.174 e. The van der Waals surface area contributed by atoms with Crippen LogP contribution in [0.2, 0.25) is 0 Å². The van der Waals surface area contributed by atoms with Crippen molar-refractivity contribution in [2.45, 2.75) is 72.3 Å². The Labute approximate surface area is 176 Å². The summed E-state index contributed by atoms with van der Waals surface area (Å²) in [5, 5.41) is 0. The van der Waals surface area contributed by atoms with E-state index >= 15 is 0 Å². The summed E-state index contributed by atoms with van der Waals surface area (Å²) in [6, 6.07) is 5.56. The van der Waals surface area contributed by atoms with Crippen LogP contribution < -0.4 is 9.47 Å². The van der Waals surface area contributed by atoms with Gasteiger partial charge in [0.2, 0.25) is 0 Å². The summed E-state index contributed by atoms with van der Waals surface area (Å²) in [5.74, 6) is 1.96. The van der Waals surface area contributed by atoms with Crippen LogP contribution >= 0.6 is 0 Å². The molecule has 4 nitrogen and oxygen atoms in total. The molecule has 0 aromatic heterocycles. The highest BCUT2D eigenvalue weighted by Gasteiger charge is 2.18. The Morgan fingerprint density at radius 1 is 1.10 bits per heavy atom. The third-order valence-corrected chi connectivity index (χ3v) is 4.32. The van der Waals surface area contributed by atoms with Gasteiger partial charge in [-0.2, -0.15) is 0 Å². The van der Waals surface area contributed by atoms with Gasteiger partial charge in [0.05, 0.1) is 20.3 Å². The van der Waals surface area contributed by atoms with Gasteiger partial charge in [0.15, 0.2) is 5.78 Å². The average molecular weight is 401 g/mol. The molecule has 0 radical (unpaired) electrons. The van der Waals surface area contributed by atoms with Crippen molar-refractivity contribution in [3.05, 3.63) is 46.9 Å². The number of hydrogen-bond acceptors (Lipinski definition) is 4. The lowest BCUT2D eigenvalue weighted by Gasteiger charge is -2.16. The Morgan fingerprint density at radius 2 is 1.83 bits per heavy atom. The quantitative estimate of drug-likeness (QED) is 0.125. The van der Waals surface area contributed by atoms with Crippen LogP contribution in [0.3, 0.4) is 0 Å². The Bertz CT molecular complexity index is 737. The van der Waals surface area contributed by atoms with Crippen LogP contribution in [0, 0.1) is 0 Å². The van der Waals surface area contributed by atoms with Gasteiger partial charge in [0.25, 0.3) is 0 Å². The highest BCUT2D eigenvalue weighted by Crippen LogP contribution is 2.29. The standard InChI is InChI=1S/C25H36O4/c1-7-9-11-12-13-22(23(26)14-10-8-2)25(29-19(3)4)18-20-17-21(27-5)15-16-24(20)28-6/h12,15-19H,7-11,14H2,1-6H3/b25-18+. The molecule has 0 fully saturated rings. The molecule has 0 unspecified atom stereocenters. The van der Waals surface area contributed by atoms with Crippen LogP contribution in [0.1, 0.15) is 71.8 Å². The number of benzene rings is 1. The van der Waals surface area contributed by atoms with Gasteiger partial charge in [-0.05, 0) is 63.5 Å². The van der Waals surface area contributed by atoms with E-state index in [4.69, 9.17) is 14.2 Å². The van der Waals surface area contributed by atoms with Gasteiger partial charge in [-0.25, -0.2) is 0 Å². The maximum Gasteiger partial charge on any atom is 0.174 e. The normalized spacial score (nSPS) is 11.1. The van der Waals surface area contributed by atoms with E-state index in [9.17, 15) is 4.79 Å². The maximum absolute atomic E-state index is 13.0. The monoisotopic (exact) mass is 400 g/mol. The Hall–Kier alpha value is -2.45. The van der Waals surface area contributed by atoms with E-state index in [1.54, 1.807) is 14.2 Å². The van der Waals surface area contributed by atoms with Crippen molar-refractivity contribution in [2.75, 3.05) is 14.2 Å². The van der Waals surface area contributed by atoms with E-state index < -0.39 is 0 Å². The largest absolute Gasteiger partial charge is 0.497 e. The van der Waals surface area contributed by atoms with Gasteiger partial charge >= 0.3 is 0 Å². The van der Waals surface area contributed by atoms with Crippen molar-refractivity contribution in [3.63, 3.8) is 0 Å². The molecule has 4 heteroatoms. The first-order valence-corrected chi connectivity index (χ1v) is 10.6. The van der Waals surface area contributed by atoms with Crippen LogP contribution in [-0.4, -0.2) is 26.1 Å². The minimum atomic E-state index is -0.0794. The number of rotatable bonds is 13. The molecule has 0 spiro atoms. The Balaban J connectivity index is 3.50. The van der Waals surface area contributed by atoms with Gasteiger partial charge in [-0.15, -0.1) is 5.73 Å². The lowest BCUT2D eigenvalue weighted by atomic mass is 10.0. The molecule has 1 rings (SSSR count). The second-order valence-electron chi connectivity index (χ2n) is 7.18. The molecule has 0 aliphatic heterocycles. The van der Waals surface area contributed by atoms with Crippen LogP contribution in [0.15, 0.2) is 41.3 Å². The van der Waals surface area contributed by atoms with E-state index in [2.05, 4.69) is 19.6 Å². The van der Waals surface area contributed by atoms with Crippen molar-refractivity contribution in [1.29, 1.82) is 0 Å². The van der Waals surface area contributed by atoms with Gasteiger partial charge in [0.1, 0.15) is 22.8 Å². The molecule has 0 aliphatic rings. The molecule has 1 aromatic rings. The van der Waals surface area contributed by atoms with Crippen LogP contribution in [0.4, 0.5) is 0 Å². The molecule has 0 saturated carbocycles. The molecule has 0 bridgehead atoms. The fourth-order valence-corrected chi connectivity index (χ4v) is 2.74. The molecule has 0 N–H and O–H groups in total. The van der Waals surface area contributed by atoms with E-state index in [-0.39, 0.29) is 11.9 Å². The number of hydrogen-bond donors (Lipinski definition) is 0. The van der Waals surface area contributed by atoms with Crippen LogP contribution in [0.25, 0.3) is 6.08 Å². The van der Waals surface area contributed by atoms with E-state index in [1.165, 1.54) is 0 Å². The molecular formula is C25H36O4. The first-order valence-electron chi connectivity index (χ1n) is 10.6. The van der Waals surface area contributed by atoms with Crippen LogP contribution in [0.5, 0.6) is 11.5 Å². The fourth-order valence-electron chi connectivity index (χ4n) is 2.74.